The summed E-state index contributed by atoms with van der Waals surface area (Å²) in [5.74, 6) is -0.267. The van der Waals surface area contributed by atoms with Gasteiger partial charge in [0.1, 0.15) is 5.69 Å². The maximum absolute atomic E-state index is 12.3. The molecular formula is C20H16ClN3O4S. The summed E-state index contributed by atoms with van der Waals surface area (Å²) in [5.41, 5.74) is 1.01. The Morgan fingerprint density at radius 1 is 1.21 bits per heavy atom. The number of aromatic nitrogens is 1. The van der Waals surface area contributed by atoms with E-state index in [2.05, 4.69) is 4.98 Å². The molecule has 7 nitrogen and oxygen atoms in total. The minimum Gasteiger partial charge on any atom is -0.372 e. The summed E-state index contributed by atoms with van der Waals surface area (Å²) >= 11 is 6.92. The molecule has 0 atom stereocenters. The van der Waals surface area contributed by atoms with Crippen molar-refractivity contribution in [1.29, 1.82) is 0 Å². The highest BCUT2D eigenvalue weighted by atomic mass is 35.5. The summed E-state index contributed by atoms with van der Waals surface area (Å²) in [6.07, 6.45) is 2.89. The number of nitrogens with one attached hydrogen (secondary N) is 1. The fourth-order valence-corrected chi connectivity index (χ4v) is 3.66. The summed E-state index contributed by atoms with van der Waals surface area (Å²) < 4.78 is 0.729. The number of anilines is 1. The van der Waals surface area contributed by atoms with Crippen LogP contribution in [0.3, 0.4) is 0 Å². The molecule has 0 saturated heterocycles. The Bertz CT molecular complexity index is 1260. The van der Waals surface area contributed by atoms with Gasteiger partial charge in [0.15, 0.2) is 5.78 Å². The molecule has 2 aromatic carbocycles. The van der Waals surface area contributed by atoms with Gasteiger partial charge in [-0.1, -0.05) is 17.7 Å². The number of carbonyl (C=O) groups excluding carboxylic acids is 1. The molecule has 0 saturated carbocycles. The van der Waals surface area contributed by atoms with Crippen molar-refractivity contribution in [3.63, 3.8) is 0 Å². The molecule has 0 aliphatic carbocycles. The highest BCUT2D eigenvalue weighted by Gasteiger charge is 2.15. The van der Waals surface area contributed by atoms with E-state index in [1.807, 2.05) is 0 Å². The number of Topliss-reactive ketones (excluding diaryl/α,β-unsaturated/α-hetero) is 1. The van der Waals surface area contributed by atoms with Crippen LogP contribution in [-0.4, -0.2) is 29.8 Å². The number of hydrogen-bond acceptors (Lipinski definition) is 6. The first-order valence-electron chi connectivity index (χ1n) is 8.43. The molecule has 3 rings (SSSR count). The Kier molecular flexibility index (Phi) is 5.95. The third-order valence-electron chi connectivity index (χ3n) is 4.05. The van der Waals surface area contributed by atoms with Crippen molar-refractivity contribution in [3.8, 4) is 0 Å². The van der Waals surface area contributed by atoms with E-state index in [4.69, 9.17) is 11.6 Å². The maximum Gasteiger partial charge on any atom is 0.293 e. The molecule has 0 spiro atoms. The molecule has 1 heterocycles. The first-order chi connectivity index (χ1) is 13.7. The van der Waals surface area contributed by atoms with E-state index in [0.717, 1.165) is 11.3 Å². The first kappa shape index (κ1) is 20.5. The number of ketones is 1. The maximum atomic E-state index is 12.3. The van der Waals surface area contributed by atoms with Gasteiger partial charge in [-0.2, -0.15) is 0 Å². The van der Waals surface area contributed by atoms with Crippen LogP contribution in [-0.2, 0) is 0 Å². The van der Waals surface area contributed by atoms with E-state index in [9.17, 15) is 19.7 Å². The molecular weight excluding hydrogens is 414 g/mol. The largest absolute Gasteiger partial charge is 0.372 e. The van der Waals surface area contributed by atoms with E-state index in [1.165, 1.54) is 12.1 Å². The molecule has 0 aliphatic heterocycles. The van der Waals surface area contributed by atoms with Crippen LogP contribution in [0.15, 0.2) is 47.3 Å². The zero-order chi connectivity index (χ0) is 21.1. The van der Waals surface area contributed by atoms with Gasteiger partial charge in [0.2, 0.25) is 0 Å². The van der Waals surface area contributed by atoms with E-state index < -0.39 is 4.92 Å². The lowest BCUT2D eigenvalue weighted by Crippen LogP contribution is -2.20. The fraction of sp³-hybridized carbons (Fsp3) is 0.100. The molecule has 0 unspecified atom stereocenters. The van der Waals surface area contributed by atoms with E-state index >= 15 is 0 Å². The van der Waals surface area contributed by atoms with Gasteiger partial charge in [-0.05, 0) is 42.0 Å². The summed E-state index contributed by atoms with van der Waals surface area (Å²) in [6.45, 7) is 0. The van der Waals surface area contributed by atoms with Crippen molar-refractivity contribution < 1.29 is 9.72 Å². The molecule has 1 aromatic heterocycles. The van der Waals surface area contributed by atoms with Crippen LogP contribution in [0.4, 0.5) is 11.4 Å². The number of nitrogens with zero attached hydrogens (tertiary/aromatic N) is 2. The third kappa shape index (κ3) is 4.79. The second-order valence-electron chi connectivity index (χ2n) is 6.34. The summed E-state index contributed by atoms with van der Waals surface area (Å²) in [5, 5.41) is 11.9. The molecule has 0 radical (unpaired) electrons. The molecule has 0 aliphatic rings. The van der Waals surface area contributed by atoms with Crippen molar-refractivity contribution in [2.45, 2.75) is 0 Å². The third-order valence-corrected chi connectivity index (χ3v) is 5.26. The Balaban J connectivity index is 2.00. The number of rotatable bonds is 5. The van der Waals surface area contributed by atoms with Crippen LogP contribution in [0.5, 0.6) is 0 Å². The summed E-state index contributed by atoms with van der Waals surface area (Å²) in [7, 11) is 3.44. The number of H-pyrrole nitrogens is 1. The zero-order valence-corrected chi connectivity index (χ0v) is 17.1. The zero-order valence-electron chi connectivity index (χ0n) is 15.5. The summed E-state index contributed by atoms with van der Waals surface area (Å²) in [6, 6.07) is 11.2. The number of nitro groups is 1. The number of hydrogen-bond donors (Lipinski definition) is 1. The minimum absolute atomic E-state index is 0.0542. The number of nitro benzene ring substituents is 1. The molecule has 29 heavy (non-hydrogen) atoms. The highest BCUT2D eigenvalue weighted by molar-refractivity contribution is 7.07. The average molecular weight is 430 g/mol. The number of aromatic amines is 1. The Hall–Kier alpha value is -3.23. The van der Waals surface area contributed by atoms with E-state index in [-0.39, 0.29) is 17.0 Å². The van der Waals surface area contributed by atoms with Gasteiger partial charge in [-0.25, -0.2) is 0 Å². The SMILES string of the molecule is CN(C)c1ccc(C=c2sc(=CC(=O)c3ccc(Cl)cc3)[nH]c2=O)cc1[N+](=O)[O-]. The van der Waals surface area contributed by atoms with Crippen LogP contribution in [0.1, 0.15) is 15.9 Å². The lowest BCUT2D eigenvalue weighted by molar-refractivity contribution is -0.384. The van der Waals surface area contributed by atoms with Crippen molar-refractivity contribution in [2.24, 2.45) is 0 Å². The van der Waals surface area contributed by atoms with E-state index in [0.29, 0.717) is 31.0 Å². The quantitative estimate of drug-likeness (QED) is 0.382. The lowest BCUT2D eigenvalue weighted by Gasteiger charge is -2.12. The molecule has 9 heteroatoms. The van der Waals surface area contributed by atoms with Crippen LogP contribution >= 0.6 is 22.9 Å². The van der Waals surface area contributed by atoms with E-state index in [1.54, 1.807) is 61.5 Å². The van der Waals surface area contributed by atoms with Crippen molar-refractivity contribution in [2.75, 3.05) is 19.0 Å². The van der Waals surface area contributed by atoms with Crippen LogP contribution < -0.4 is 19.7 Å². The fourth-order valence-electron chi connectivity index (χ4n) is 2.65. The minimum atomic E-state index is -0.463. The summed E-state index contributed by atoms with van der Waals surface area (Å²) in [4.78, 5) is 39.7. The van der Waals surface area contributed by atoms with Crippen molar-refractivity contribution >= 4 is 52.2 Å². The standard InChI is InChI=1S/C20H16ClN3O4S/c1-23(2)15-8-3-12(9-16(15)24(27)28)10-18-20(26)22-19(29-18)11-17(25)13-4-6-14(21)7-5-13/h3-11H,1-2H3,(H,22,26). The predicted octanol–water partition coefficient (Wildman–Crippen LogP) is 2.56. The topological polar surface area (TPSA) is 96.3 Å². The molecule has 0 amide bonds. The van der Waals surface area contributed by atoms with Gasteiger partial charge >= 0.3 is 0 Å². The molecule has 0 bridgehead atoms. The van der Waals surface area contributed by atoms with Crippen LogP contribution in [0.25, 0.3) is 12.2 Å². The predicted molar refractivity (Wildman–Crippen MR) is 115 cm³/mol. The molecule has 1 N–H and O–H groups in total. The normalized spacial score (nSPS) is 12.2. The molecule has 3 aromatic rings. The number of benzene rings is 2. The second-order valence-corrected chi connectivity index (χ2v) is 7.86. The van der Waals surface area contributed by atoms with Gasteiger partial charge in [-0.15, -0.1) is 11.3 Å². The number of halogens is 1. The van der Waals surface area contributed by atoms with Gasteiger partial charge in [0.05, 0.1) is 14.1 Å². The second kappa shape index (κ2) is 8.42. The molecule has 0 fully saturated rings. The Labute approximate surface area is 174 Å². The van der Waals surface area contributed by atoms with Gasteiger partial charge < -0.3 is 9.88 Å². The van der Waals surface area contributed by atoms with Crippen molar-refractivity contribution in [1.82, 2.24) is 4.98 Å². The van der Waals surface area contributed by atoms with Gasteiger partial charge in [0.25, 0.3) is 11.2 Å². The molecule has 148 valence electrons. The van der Waals surface area contributed by atoms with Crippen LogP contribution in [0.2, 0.25) is 5.02 Å². The van der Waals surface area contributed by atoms with Crippen LogP contribution in [0, 0.1) is 10.1 Å². The van der Waals surface area contributed by atoms with Gasteiger partial charge in [-0.3, -0.25) is 19.7 Å². The van der Waals surface area contributed by atoms with Crippen molar-refractivity contribution in [3.05, 3.63) is 88.3 Å². The highest BCUT2D eigenvalue weighted by Crippen LogP contribution is 2.27. The Morgan fingerprint density at radius 2 is 1.90 bits per heavy atom. The Morgan fingerprint density at radius 3 is 2.52 bits per heavy atom. The monoisotopic (exact) mass is 429 g/mol. The smallest absolute Gasteiger partial charge is 0.293 e. The lowest BCUT2D eigenvalue weighted by atomic mass is 10.1. The average Bonchev–Trinajstić information content (AvgIpc) is 3.00. The van der Waals surface area contributed by atoms with Gasteiger partial charge in [0, 0.05) is 36.8 Å². The number of thiazole rings is 1. The first-order valence-corrected chi connectivity index (χ1v) is 9.62. The number of carbonyl (C=O) groups is 1.